The Morgan fingerprint density at radius 3 is 2.00 bits per heavy atom. The van der Waals surface area contributed by atoms with Gasteiger partial charge in [-0.3, -0.25) is 4.79 Å². The second-order valence-electron chi connectivity index (χ2n) is 6.07. The molecule has 3 unspecified atom stereocenters. The molecule has 0 bridgehead atoms. The van der Waals surface area contributed by atoms with Crippen molar-refractivity contribution in [1.82, 2.24) is 5.32 Å². The summed E-state index contributed by atoms with van der Waals surface area (Å²) in [7, 11) is -3.09. The third-order valence-electron chi connectivity index (χ3n) is 3.98. The van der Waals surface area contributed by atoms with Crippen molar-refractivity contribution in [2.45, 2.75) is 68.6 Å². The normalized spacial score (nSPS) is 29.6. The van der Waals surface area contributed by atoms with Crippen molar-refractivity contribution in [2.24, 2.45) is 0 Å². The van der Waals surface area contributed by atoms with E-state index in [2.05, 4.69) is 19.2 Å². The Kier molecular flexibility index (Phi) is 9.33. The van der Waals surface area contributed by atoms with Crippen molar-refractivity contribution in [3.05, 3.63) is 0 Å². The van der Waals surface area contributed by atoms with Crippen LogP contribution in [0.15, 0.2) is 0 Å². The van der Waals surface area contributed by atoms with E-state index in [1.807, 2.05) is 20.8 Å². The Morgan fingerprint density at radius 1 is 1.32 bits per heavy atom. The molecule has 127 valence electrons. The van der Waals surface area contributed by atoms with Crippen molar-refractivity contribution in [3.8, 4) is 0 Å². The zero-order valence-electron chi connectivity index (χ0n) is 14.6. The summed E-state index contributed by atoms with van der Waals surface area (Å²) in [5, 5.41) is 10.5. The molecule has 0 aromatic carbocycles. The maximum atomic E-state index is 13.0. The molecule has 0 radical (unpaired) electrons. The van der Waals surface area contributed by atoms with Crippen molar-refractivity contribution < 1.29 is 49.6 Å². The van der Waals surface area contributed by atoms with Gasteiger partial charge in [-0.1, -0.05) is 0 Å². The Hall–Kier alpha value is 0.515. The van der Waals surface area contributed by atoms with Crippen LogP contribution < -0.4 is 5.32 Å². The molecule has 2 N–H and O–H groups in total. The monoisotopic (exact) mass is 524 g/mol. The number of carbonyl (C=O) groups is 1. The SMILES string of the molecule is CC(=O)O.CCOP(=O)(OCC)C1(C)CCC(C)([CH](C)[Hg])N1. The van der Waals surface area contributed by atoms with Crippen LogP contribution in [0.25, 0.3) is 0 Å². The van der Waals surface area contributed by atoms with Crippen LogP contribution in [0.2, 0.25) is 3.43 Å². The van der Waals surface area contributed by atoms with Gasteiger partial charge in [-0.2, -0.15) is 0 Å². The number of rotatable bonds is 6. The molecule has 0 aromatic rings. The fraction of sp³-hybridized carbons (Fsp3) is 0.929. The minimum absolute atomic E-state index is 0.0850. The summed E-state index contributed by atoms with van der Waals surface area (Å²) in [4.78, 5) is 9.00. The molecule has 3 atom stereocenters. The van der Waals surface area contributed by atoms with Crippen molar-refractivity contribution in [3.63, 3.8) is 0 Å². The molecular formula is C14H29HgNO5P. The van der Waals surface area contributed by atoms with E-state index >= 15 is 0 Å². The zero-order valence-corrected chi connectivity index (χ0v) is 21.0. The molecule has 0 saturated carbocycles. The van der Waals surface area contributed by atoms with Crippen LogP contribution in [0.3, 0.4) is 0 Å². The molecule has 1 rings (SSSR count). The fourth-order valence-corrected chi connectivity index (χ4v) is 5.77. The third-order valence-corrected chi connectivity index (χ3v) is 10.2. The molecule has 22 heavy (non-hydrogen) atoms. The molecule has 1 fully saturated rings. The third kappa shape index (κ3) is 5.86. The molecule has 0 aromatic heterocycles. The second-order valence-corrected chi connectivity index (χ2v) is 13.3. The summed E-state index contributed by atoms with van der Waals surface area (Å²) in [5.74, 6) is -0.833. The molecular weight excluding hydrogens is 494 g/mol. The van der Waals surface area contributed by atoms with E-state index in [0.29, 0.717) is 42.8 Å². The molecule has 0 spiro atoms. The summed E-state index contributed by atoms with van der Waals surface area (Å²) in [5.41, 5.74) is 0.0850. The molecule has 0 amide bonds. The quantitative estimate of drug-likeness (QED) is 0.410. The summed E-state index contributed by atoms with van der Waals surface area (Å²) in [6.07, 6.45) is 1.89. The average molecular weight is 523 g/mol. The average Bonchev–Trinajstić information content (AvgIpc) is 2.68. The summed E-state index contributed by atoms with van der Waals surface area (Å²) in [6.45, 7) is 12.1. The van der Waals surface area contributed by atoms with Gasteiger partial charge in [-0.15, -0.1) is 0 Å². The van der Waals surface area contributed by atoms with E-state index in [-0.39, 0.29) is 5.54 Å². The summed E-state index contributed by atoms with van der Waals surface area (Å²) >= 11 is 0.698. The number of carboxylic acids is 1. The van der Waals surface area contributed by atoms with Gasteiger partial charge in [-0.05, 0) is 0 Å². The first-order chi connectivity index (χ1) is 9.96. The number of nitrogens with one attached hydrogen (secondary N) is 1. The van der Waals surface area contributed by atoms with Gasteiger partial charge in [-0.25, -0.2) is 0 Å². The van der Waals surface area contributed by atoms with E-state index in [9.17, 15) is 4.57 Å². The van der Waals surface area contributed by atoms with Gasteiger partial charge in [0.15, 0.2) is 0 Å². The maximum absolute atomic E-state index is 13.0. The van der Waals surface area contributed by atoms with E-state index < -0.39 is 18.8 Å². The Balaban J connectivity index is 0.000000980. The second kappa shape index (κ2) is 9.12. The van der Waals surface area contributed by atoms with Gasteiger partial charge < -0.3 is 5.11 Å². The van der Waals surface area contributed by atoms with Crippen LogP contribution in [-0.2, 0) is 44.5 Å². The molecule has 0 aliphatic carbocycles. The van der Waals surface area contributed by atoms with Gasteiger partial charge >= 0.3 is 128 Å². The van der Waals surface area contributed by atoms with Crippen LogP contribution in [0.5, 0.6) is 0 Å². The molecule has 1 saturated heterocycles. The van der Waals surface area contributed by atoms with Gasteiger partial charge in [0, 0.05) is 6.92 Å². The fourth-order valence-electron chi connectivity index (χ4n) is 2.48. The topological polar surface area (TPSA) is 84.9 Å². The van der Waals surface area contributed by atoms with Crippen molar-refractivity contribution in [2.75, 3.05) is 13.2 Å². The van der Waals surface area contributed by atoms with Crippen LogP contribution in [0.1, 0.15) is 54.4 Å². The van der Waals surface area contributed by atoms with E-state index in [0.717, 1.165) is 19.8 Å². The zero-order chi connectivity index (χ0) is 17.6. The van der Waals surface area contributed by atoms with Crippen molar-refractivity contribution in [1.29, 1.82) is 0 Å². The molecule has 8 heteroatoms. The molecule has 1 aliphatic rings. The van der Waals surface area contributed by atoms with Gasteiger partial charge in [0.2, 0.25) is 0 Å². The van der Waals surface area contributed by atoms with E-state index in [1.165, 1.54) is 0 Å². The first-order valence-corrected chi connectivity index (χ1v) is 12.4. The first-order valence-electron chi connectivity index (χ1n) is 7.67. The van der Waals surface area contributed by atoms with Crippen molar-refractivity contribution >= 4 is 13.6 Å². The summed E-state index contributed by atoms with van der Waals surface area (Å²) in [6, 6.07) is 0. The predicted octanol–water partition coefficient (Wildman–Crippen LogP) is 3.56. The standard InChI is InChI=1S/C12H25NO3P.C2H4O2.Hg/c1-6-11(4)9-10-12(5,13-11)17(14,15-7-2)16-8-3;1-2(3)4;/h6,13H,7-10H2,1-5H3;1H3,(H,3,4);. The number of hydrogen-bond acceptors (Lipinski definition) is 5. The van der Waals surface area contributed by atoms with Crippen LogP contribution >= 0.6 is 7.60 Å². The molecule has 1 heterocycles. The van der Waals surface area contributed by atoms with Crippen LogP contribution in [-0.4, -0.2) is 35.1 Å². The Bertz CT molecular complexity index is 406. The predicted molar refractivity (Wildman–Crippen MR) is 82.8 cm³/mol. The van der Waals surface area contributed by atoms with Gasteiger partial charge in [0.25, 0.3) is 5.97 Å². The number of carboxylic acid groups (broad SMARTS) is 1. The summed E-state index contributed by atoms with van der Waals surface area (Å²) < 4.78 is 24.7. The first kappa shape index (κ1) is 22.5. The van der Waals surface area contributed by atoms with E-state index in [4.69, 9.17) is 18.9 Å². The number of aliphatic carboxylic acids is 1. The minimum atomic E-state index is -3.09. The Morgan fingerprint density at radius 2 is 1.73 bits per heavy atom. The molecule has 6 nitrogen and oxygen atoms in total. The molecule has 1 aliphatic heterocycles. The van der Waals surface area contributed by atoms with E-state index in [1.54, 1.807) is 0 Å². The Labute approximate surface area is 150 Å². The van der Waals surface area contributed by atoms with Crippen LogP contribution in [0, 0.1) is 0 Å². The van der Waals surface area contributed by atoms with Crippen LogP contribution in [0.4, 0.5) is 0 Å². The number of hydrogen-bond donors (Lipinski definition) is 2. The van der Waals surface area contributed by atoms with Gasteiger partial charge in [0.05, 0.1) is 0 Å². The van der Waals surface area contributed by atoms with Gasteiger partial charge in [0.1, 0.15) is 0 Å².